The Hall–Kier alpha value is -2.06. The molecule has 1 aromatic rings. The van der Waals surface area contributed by atoms with Crippen LogP contribution in [0.2, 0.25) is 0 Å². The summed E-state index contributed by atoms with van der Waals surface area (Å²) >= 11 is 0. The van der Waals surface area contributed by atoms with E-state index in [2.05, 4.69) is 16.7 Å². The van der Waals surface area contributed by atoms with Gasteiger partial charge in [-0.25, -0.2) is 0 Å². The molecule has 1 amide bonds. The van der Waals surface area contributed by atoms with Crippen molar-refractivity contribution in [2.24, 2.45) is 0 Å². The number of amides is 1. The monoisotopic (exact) mass is 275 g/mol. The first-order valence-corrected chi connectivity index (χ1v) is 6.66. The molecule has 5 heteroatoms. The van der Waals surface area contributed by atoms with Crippen LogP contribution in [-0.2, 0) is 16.0 Å². The summed E-state index contributed by atoms with van der Waals surface area (Å²) in [7, 11) is 1.64. The van der Waals surface area contributed by atoms with Crippen molar-refractivity contribution in [3.63, 3.8) is 0 Å². The van der Waals surface area contributed by atoms with Crippen molar-refractivity contribution in [3.8, 4) is 6.07 Å². The first-order chi connectivity index (χ1) is 9.67. The lowest BCUT2D eigenvalue weighted by Gasteiger charge is -2.15. The summed E-state index contributed by atoms with van der Waals surface area (Å²) in [6.07, 6.45) is 1.20. The Bertz CT molecular complexity index is 451. The Balaban J connectivity index is 2.39. The van der Waals surface area contributed by atoms with Gasteiger partial charge in [0.1, 0.15) is 6.04 Å². The van der Waals surface area contributed by atoms with Gasteiger partial charge in [0.15, 0.2) is 0 Å². The molecule has 108 valence electrons. The molecular weight excluding hydrogens is 254 g/mol. The van der Waals surface area contributed by atoms with Crippen LogP contribution in [0, 0.1) is 11.3 Å². The van der Waals surface area contributed by atoms with E-state index >= 15 is 0 Å². The van der Waals surface area contributed by atoms with Gasteiger partial charge in [-0.2, -0.15) is 5.26 Å². The zero-order valence-corrected chi connectivity index (χ0v) is 12.0. The number of rotatable bonds is 8. The fourth-order valence-electron chi connectivity index (χ4n) is 1.71. The average Bonchev–Trinajstić information content (AvgIpc) is 2.45. The molecule has 0 aliphatic carbocycles. The van der Waals surface area contributed by atoms with Gasteiger partial charge in [-0.15, -0.1) is 0 Å². The fraction of sp³-hybridized carbons (Fsp3) is 0.467. The van der Waals surface area contributed by atoms with Crippen molar-refractivity contribution in [3.05, 3.63) is 29.8 Å². The molecule has 0 radical (unpaired) electrons. The summed E-state index contributed by atoms with van der Waals surface area (Å²) in [4.78, 5) is 11.8. The number of anilines is 1. The molecule has 1 rings (SSSR count). The number of nitrogens with zero attached hydrogens (tertiary/aromatic N) is 1. The van der Waals surface area contributed by atoms with Gasteiger partial charge in [0.2, 0.25) is 5.91 Å². The number of carbonyl (C=O) groups excluding carboxylic acids is 1. The number of carbonyl (C=O) groups is 1. The van der Waals surface area contributed by atoms with E-state index in [1.165, 1.54) is 0 Å². The van der Waals surface area contributed by atoms with E-state index in [4.69, 9.17) is 10.00 Å². The minimum Gasteiger partial charge on any atom is -0.385 e. The summed E-state index contributed by atoms with van der Waals surface area (Å²) in [5, 5.41) is 14.6. The van der Waals surface area contributed by atoms with Gasteiger partial charge >= 0.3 is 0 Å². The second-order valence-corrected chi connectivity index (χ2v) is 4.54. The van der Waals surface area contributed by atoms with Gasteiger partial charge in [0, 0.05) is 25.9 Å². The third-order valence-electron chi connectivity index (χ3n) is 2.84. The van der Waals surface area contributed by atoms with Gasteiger partial charge in [-0.05, 0) is 31.0 Å². The number of benzene rings is 1. The summed E-state index contributed by atoms with van der Waals surface area (Å²) in [5.41, 5.74) is 1.83. The van der Waals surface area contributed by atoms with E-state index in [-0.39, 0.29) is 11.9 Å². The van der Waals surface area contributed by atoms with Crippen molar-refractivity contribution >= 4 is 11.6 Å². The Kier molecular flexibility index (Phi) is 7.15. The lowest BCUT2D eigenvalue weighted by Crippen LogP contribution is -2.38. The quantitative estimate of drug-likeness (QED) is 0.708. The lowest BCUT2D eigenvalue weighted by molar-refractivity contribution is -0.121. The maximum atomic E-state index is 11.8. The maximum absolute atomic E-state index is 11.8. The average molecular weight is 275 g/mol. The van der Waals surface area contributed by atoms with Crippen LogP contribution < -0.4 is 10.6 Å². The molecule has 0 aliphatic rings. The Labute approximate surface area is 119 Å². The van der Waals surface area contributed by atoms with E-state index in [9.17, 15) is 4.79 Å². The molecule has 0 saturated carbocycles. The first kappa shape index (κ1) is 16.0. The van der Waals surface area contributed by atoms with Crippen molar-refractivity contribution in [1.29, 1.82) is 5.26 Å². The van der Waals surface area contributed by atoms with Gasteiger partial charge in [0.05, 0.1) is 12.5 Å². The van der Waals surface area contributed by atoms with Crippen LogP contribution in [0.1, 0.15) is 18.9 Å². The normalized spacial score (nSPS) is 11.4. The smallest absolute Gasteiger partial charge is 0.242 e. The highest BCUT2D eigenvalue weighted by atomic mass is 16.5. The van der Waals surface area contributed by atoms with E-state index in [1.807, 2.05) is 31.2 Å². The Morgan fingerprint density at radius 3 is 2.70 bits per heavy atom. The highest BCUT2D eigenvalue weighted by Gasteiger charge is 2.11. The highest BCUT2D eigenvalue weighted by molar-refractivity contribution is 5.84. The van der Waals surface area contributed by atoms with Crippen molar-refractivity contribution in [2.75, 3.05) is 25.6 Å². The topological polar surface area (TPSA) is 74.2 Å². The van der Waals surface area contributed by atoms with Crippen LogP contribution in [0.25, 0.3) is 0 Å². The van der Waals surface area contributed by atoms with Crippen LogP contribution in [0.5, 0.6) is 0 Å². The SMILES string of the molecule is COCCCNC(=O)C(C)Nc1ccc(CC#N)cc1. The van der Waals surface area contributed by atoms with Gasteiger partial charge < -0.3 is 15.4 Å². The van der Waals surface area contributed by atoms with E-state index in [0.717, 1.165) is 17.7 Å². The van der Waals surface area contributed by atoms with Gasteiger partial charge in [-0.1, -0.05) is 12.1 Å². The molecular formula is C15H21N3O2. The van der Waals surface area contributed by atoms with E-state index in [1.54, 1.807) is 7.11 Å². The van der Waals surface area contributed by atoms with Crippen LogP contribution in [0.15, 0.2) is 24.3 Å². The molecule has 5 nitrogen and oxygen atoms in total. The molecule has 0 heterocycles. The zero-order valence-electron chi connectivity index (χ0n) is 12.0. The van der Waals surface area contributed by atoms with E-state index in [0.29, 0.717) is 19.6 Å². The maximum Gasteiger partial charge on any atom is 0.242 e. The van der Waals surface area contributed by atoms with Crippen LogP contribution in [0.4, 0.5) is 5.69 Å². The first-order valence-electron chi connectivity index (χ1n) is 6.66. The second-order valence-electron chi connectivity index (χ2n) is 4.54. The number of hydrogen-bond acceptors (Lipinski definition) is 4. The summed E-state index contributed by atoms with van der Waals surface area (Å²) in [5.74, 6) is -0.0396. The molecule has 0 aromatic heterocycles. The standard InChI is InChI=1S/C15H21N3O2/c1-12(15(19)17-10-3-11-20-2)18-14-6-4-13(5-7-14)8-9-16/h4-7,12,18H,3,8,10-11H2,1-2H3,(H,17,19). The predicted octanol–water partition coefficient (Wildman–Crippen LogP) is 1.71. The van der Waals surface area contributed by atoms with Crippen molar-refractivity contribution < 1.29 is 9.53 Å². The molecule has 0 saturated heterocycles. The molecule has 1 aromatic carbocycles. The largest absolute Gasteiger partial charge is 0.385 e. The van der Waals surface area contributed by atoms with Crippen LogP contribution in [-0.4, -0.2) is 32.2 Å². The van der Waals surface area contributed by atoms with E-state index < -0.39 is 0 Å². The summed E-state index contributed by atoms with van der Waals surface area (Å²) in [6.45, 7) is 3.07. The minimum atomic E-state index is -0.306. The van der Waals surface area contributed by atoms with Gasteiger partial charge in [-0.3, -0.25) is 4.79 Å². The summed E-state index contributed by atoms with van der Waals surface area (Å²) in [6, 6.07) is 9.32. The van der Waals surface area contributed by atoms with Gasteiger partial charge in [0.25, 0.3) is 0 Å². The van der Waals surface area contributed by atoms with Crippen molar-refractivity contribution in [1.82, 2.24) is 5.32 Å². The van der Waals surface area contributed by atoms with Crippen LogP contribution in [0.3, 0.4) is 0 Å². The highest BCUT2D eigenvalue weighted by Crippen LogP contribution is 2.11. The number of ether oxygens (including phenoxy) is 1. The van der Waals surface area contributed by atoms with Crippen molar-refractivity contribution in [2.45, 2.75) is 25.8 Å². The lowest BCUT2D eigenvalue weighted by atomic mass is 10.1. The second kappa shape index (κ2) is 8.94. The van der Waals surface area contributed by atoms with Crippen LogP contribution >= 0.6 is 0 Å². The minimum absolute atomic E-state index is 0.0396. The molecule has 20 heavy (non-hydrogen) atoms. The molecule has 0 fully saturated rings. The Morgan fingerprint density at radius 2 is 2.10 bits per heavy atom. The number of nitriles is 1. The molecule has 0 aliphatic heterocycles. The molecule has 1 unspecified atom stereocenters. The molecule has 0 bridgehead atoms. The predicted molar refractivity (Wildman–Crippen MR) is 78.3 cm³/mol. The molecule has 1 atom stereocenters. The zero-order chi connectivity index (χ0) is 14.8. The fourth-order valence-corrected chi connectivity index (χ4v) is 1.71. The molecule has 2 N–H and O–H groups in total. The Morgan fingerprint density at radius 1 is 1.40 bits per heavy atom. The molecule has 0 spiro atoms. The third-order valence-corrected chi connectivity index (χ3v) is 2.84. The third kappa shape index (κ3) is 5.72. The number of hydrogen-bond donors (Lipinski definition) is 2. The number of methoxy groups -OCH3 is 1. The number of nitrogens with one attached hydrogen (secondary N) is 2. The summed E-state index contributed by atoms with van der Waals surface area (Å²) < 4.78 is 4.92.